The third-order valence-electron chi connectivity index (χ3n) is 1.10. The summed E-state index contributed by atoms with van der Waals surface area (Å²) in [5.74, 6) is 0.252. The summed E-state index contributed by atoms with van der Waals surface area (Å²) in [6.45, 7) is 7.63. The number of alkyl halides is 1. The van der Waals surface area contributed by atoms with Crippen molar-refractivity contribution in [2.24, 2.45) is 5.41 Å². The zero-order chi connectivity index (χ0) is 7.65. The topological polar surface area (TPSA) is 17.1 Å². The molecule has 0 heterocycles. The number of halogens is 1. The minimum Gasteiger partial charge on any atom is -0.298 e. The fourth-order valence-corrected chi connectivity index (χ4v) is 1.28. The zero-order valence-electron chi connectivity index (χ0n) is 6.36. The van der Waals surface area contributed by atoms with Crippen molar-refractivity contribution < 1.29 is 4.79 Å². The first-order chi connectivity index (χ1) is 3.85. The van der Waals surface area contributed by atoms with Gasteiger partial charge in [0.05, 0.1) is 4.83 Å². The highest BCUT2D eigenvalue weighted by atomic mass is 79.9. The van der Waals surface area contributed by atoms with Crippen molar-refractivity contribution >= 4 is 21.7 Å². The molecule has 0 aromatic carbocycles. The molecule has 0 amide bonds. The number of hydrogen-bond acceptors (Lipinski definition) is 1. The summed E-state index contributed by atoms with van der Waals surface area (Å²) in [5, 5.41) is 0. The summed E-state index contributed by atoms with van der Waals surface area (Å²) < 4.78 is 0. The Hall–Kier alpha value is 0.150. The van der Waals surface area contributed by atoms with E-state index in [1.807, 2.05) is 27.7 Å². The van der Waals surface area contributed by atoms with E-state index in [1.165, 1.54) is 0 Å². The Morgan fingerprint density at radius 1 is 1.44 bits per heavy atom. The fraction of sp³-hybridized carbons (Fsp3) is 0.857. The first-order valence-electron chi connectivity index (χ1n) is 3.04. The highest BCUT2D eigenvalue weighted by Gasteiger charge is 2.24. The second-order valence-corrected chi connectivity index (χ2v) is 4.60. The Balaban J connectivity index is 4.06. The molecule has 0 aliphatic rings. The number of rotatable bonds is 1. The normalized spacial score (nSPS) is 15.2. The second kappa shape index (κ2) is 2.82. The van der Waals surface area contributed by atoms with Crippen LogP contribution in [0.2, 0.25) is 0 Å². The van der Waals surface area contributed by atoms with Crippen LogP contribution in [0, 0.1) is 5.41 Å². The first-order valence-corrected chi connectivity index (χ1v) is 3.95. The van der Waals surface area contributed by atoms with E-state index in [2.05, 4.69) is 15.9 Å². The number of Topliss-reactive ketones (excluding diaryl/α,β-unsaturated/α-hetero) is 1. The molecule has 0 N–H and O–H groups in total. The van der Waals surface area contributed by atoms with E-state index in [0.717, 1.165) is 0 Å². The van der Waals surface area contributed by atoms with Crippen LogP contribution in [-0.2, 0) is 4.79 Å². The lowest BCUT2D eigenvalue weighted by atomic mass is 9.89. The maximum Gasteiger partial charge on any atom is 0.151 e. The van der Waals surface area contributed by atoms with Gasteiger partial charge < -0.3 is 0 Å². The number of carbonyl (C=O) groups is 1. The van der Waals surface area contributed by atoms with E-state index in [0.29, 0.717) is 0 Å². The molecule has 0 saturated carbocycles. The smallest absolute Gasteiger partial charge is 0.151 e. The van der Waals surface area contributed by atoms with Gasteiger partial charge in [-0.3, -0.25) is 4.79 Å². The van der Waals surface area contributed by atoms with Crippen LogP contribution in [0.25, 0.3) is 0 Å². The zero-order valence-corrected chi connectivity index (χ0v) is 7.95. The van der Waals surface area contributed by atoms with Crippen LogP contribution in [0.15, 0.2) is 0 Å². The van der Waals surface area contributed by atoms with Crippen molar-refractivity contribution in [3.8, 4) is 0 Å². The Bertz CT molecular complexity index is 111. The Labute approximate surface area is 65.0 Å². The molecule has 0 saturated heterocycles. The highest BCUT2D eigenvalue weighted by molar-refractivity contribution is 9.10. The van der Waals surface area contributed by atoms with Gasteiger partial charge >= 0.3 is 0 Å². The third kappa shape index (κ3) is 2.99. The van der Waals surface area contributed by atoms with Crippen LogP contribution < -0.4 is 0 Å². The Kier molecular flexibility index (Phi) is 2.87. The van der Waals surface area contributed by atoms with Crippen molar-refractivity contribution in [1.82, 2.24) is 0 Å². The van der Waals surface area contributed by atoms with E-state index in [1.54, 1.807) is 0 Å². The van der Waals surface area contributed by atoms with Gasteiger partial charge in [-0.15, -0.1) is 0 Å². The molecule has 0 aliphatic heterocycles. The monoisotopic (exact) mass is 192 g/mol. The molecule has 0 unspecified atom stereocenters. The van der Waals surface area contributed by atoms with Gasteiger partial charge in [0.15, 0.2) is 5.78 Å². The van der Waals surface area contributed by atoms with Gasteiger partial charge in [-0.05, 0) is 6.92 Å². The van der Waals surface area contributed by atoms with E-state index in [-0.39, 0.29) is 16.0 Å². The molecule has 1 atom stereocenters. The maximum absolute atomic E-state index is 11.1. The van der Waals surface area contributed by atoms with Crippen molar-refractivity contribution in [3.63, 3.8) is 0 Å². The minimum atomic E-state index is -0.205. The van der Waals surface area contributed by atoms with Crippen LogP contribution >= 0.6 is 15.9 Å². The summed E-state index contributed by atoms with van der Waals surface area (Å²) in [4.78, 5) is 11.1. The number of carbonyl (C=O) groups excluding carboxylic acids is 1. The summed E-state index contributed by atoms with van der Waals surface area (Å²) in [6, 6.07) is 0. The predicted molar refractivity (Wildman–Crippen MR) is 42.9 cm³/mol. The molecule has 0 bridgehead atoms. The second-order valence-electron chi connectivity index (χ2n) is 3.23. The highest BCUT2D eigenvalue weighted by Crippen LogP contribution is 2.19. The lowest BCUT2D eigenvalue weighted by molar-refractivity contribution is -0.125. The van der Waals surface area contributed by atoms with Crippen LogP contribution in [0.3, 0.4) is 0 Å². The standard InChI is InChI=1S/C7H13BrO/c1-5(8)6(9)7(2,3)4/h5H,1-4H3/t5-/m0/s1. The van der Waals surface area contributed by atoms with Gasteiger partial charge in [0.25, 0.3) is 0 Å². The van der Waals surface area contributed by atoms with Crippen LogP contribution in [-0.4, -0.2) is 10.6 Å². The summed E-state index contributed by atoms with van der Waals surface area (Å²) in [6.07, 6.45) is 0. The summed E-state index contributed by atoms with van der Waals surface area (Å²) in [7, 11) is 0. The van der Waals surface area contributed by atoms with Gasteiger partial charge in [0, 0.05) is 5.41 Å². The number of hydrogen-bond donors (Lipinski definition) is 0. The lowest BCUT2D eigenvalue weighted by Crippen LogP contribution is -2.26. The largest absolute Gasteiger partial charge is 0.298 e. The molecule has 0 aliphatic carbocycles. The van der Waals surface area contributed by atoms with Gasteiger partial charge in [-0.25, -0.2) is 0 Å². The predicted octanol–water partition coefficient (Wildman–Crippen LogP) is 2.39. The average Bonchev–Trinajstić information content (AvgIpc) is 1.62. The van der Waals surface area contributed by atoms with Gasteiger partial charge in [-0.2, -0.15) is 0 Å². The molecular weight excluding hydrogens is 180 g/mol. The molecule has 0 radical (unpaired) electrons. The third-order valence-corrected chi connectivity index (χ3v) is 1.52. The quantitative estimate of drug-likeness (QED) is 0.584. The van der Waals surface area contributed by atoms with E-state index in [4.69, 9.17) is 0 Å². The molecule has 0 spiro atoms. The van der Waals surface area contributed by atoms with Crippen molar-refractivity contribution in [1.29, 1.82) is 0 Å². The maximum atomic E-state index is 11.1. The van der Waals surface area contributed by atoms with Crippen LogP contribution in [0.5, 0.6) is 0 Å². The van der Waals surface area contributed by atoms with E-state index >= 15 is 0 Å². The molecule has 1 nitrogen and oxygen atoms in total. The molecule has 2 heteroatoms. The molecule has 0 fully saturated rings. The Morgan fingerprint density at radius 2 is 1.78 bits per heavy atom. The minimum absolute atomic E-state index is 0.0162. The molecular formula is C7H13BrO. The molecule has 9 heavy (non-hydrogen) atoms. The van der Waals surface area contributed by atoms with Crippen LogP contribution in [0.1, 0.15) is 27.7 Å². The van der Waals surface area contributed by atoms with E-state index in [9.17, 15) is 4.79 Å². The lowest BCUT2D eigenvalue weighted by Gasteiger charge is -2.17. The average molecular weight is 193 g/mol. The van der Waals surface area contributed by atoms with Gasteiger partial charge in [0.1, 0.15) is 0 Å². The Morgan fingerprint density at radius 3 is 1.78 bits per heavy atom. The number of ketones is 1. The van der Waals surface area contributed by atoms with Crippen molar-refractivity contribution in [2.75, 3.05) is 0 Å². The summed E-state index contributed by atoms with van der Waals surface area (Å²) in [5.41, 5.74) is -0.205. The summed E-state index contributed by atoms with van der Waals surface area (Å²) >= 11 is 3.23. The molecule has 54 valence electrons. The van der Waals surface area contributed by atoms with Gasteiger partial charge in [0.2, 0.25) is 0 Å². The van der Waals surface area contributed by atoms with Crippen LogP contribution in [0.4, 0.5) is 0 Å². The van der Waals surface area contributed by atoms with Gasteiger partial charge in [-0.1, -0.05) is 36.7 Å². The SMILES string of the molecule is C[C@H](Br)C(=O)C(C)(C)C. The van der Waals surface area contributed by atoms with Crippen molar-refractivity contribution in [2.45, 2.75) is 32.5 Å². The van der Waals surface area contributed by atoms with E-state index < -0.39 is 0 Å². The molecule has 0 aromatic rings. The first kappa shape index (κ1) is 9.15. The van der Waals surface area contributed by atoms with Crippen molar-refractivity contribution in [3.05, 3.63) is 0 Å². The molecule has 0 rings (SSSR count). The fourth-order valence-electron chi connectivity index (χ4n) is 0.597. The molecule has 0 aromatic heterocycles.